The van der Waals surface area contributed by atoms with Gasteiger partial charge in [0, 0.05) is 16.7 Å². The number of aliphatic hydroxyl groups excluding tert-OH is 9. The van der Waals surface area contributed by atoms with Crippen LogP contribution in [0.25, 0.3) is 0 Å². The smallest absolute Gasteiger partial charge is 0.187 e. The third-order valence-electron chi connectivity index (χ3n) is 17.2. The van der Waals surface area contributed by atoms with Crippen LogP contribution in [0.3, 0.4) is 0 Å². The number of ketones is 1. The Kier molecular flexibility index (Phi) is 11.1. The molecule has 0 radical (unpaired) electrons. The molecular formula is C42H68O14. The summed E-state index contributed by atoms with van der Waals surface area (Å²) in [5.74, 6) is -0.619. The van der Waals surface area contributed by atoms with E-state index in [-0.39, 0.29) is 36.2 Å². The van der Waals surface area contributed by atoms with Crippen molar-refractivity contribution in [1.29, 1.82) is 0 Å². The Morgan fingerprint density at radius 2 is 1.43 bits per heavy atom. The van der Waals surface area contributed by atoms with Gasteiger partial charge in [0.1, 0.15) is 42.7 Å². The van der Waals surface area contributed by atoms with Gasteiger partial charge in [0.25, 0.3) is 0 Å². The molecule has 0 amide bonds. The van der Waals surface area contributed by atoms with Crippen LogP contribution in [0.15, 0.2) is 11.6 Å². The van der Waals surface area contributed by atoms with E-state index in [2.05, 4.69) is 34.6 Å². The van der Waals surface area contributed by atoms with Crippen LogP contribution in [-0.2, 0) is 23.7 Å². The predicted molar refractivity (Wildman–Crippen MR) is 199 cm³/mol. The fourth-order valence-corrected chi connectivity index (χ4v) is 13.5. The molecule has 4 saturated carbocycles. The summed E-state index contributed by atoms with van der Waals surface area (Å²) in [4.78, 5) is 14.9. The number of fused-ring (bicyclic) bond motifs is 7. The number of hydrogen-bond acceptors (Lipinski definition) is 14. The lowest BCUT2D eigenvalue weighted by Crippen LogP contribution is -2.69. The van der Waals surface area contributed by atoms with E-state index in [1.807, 2.05) is 13.0 Å². The van der Waals surface area contributed by atoms with Gasteiger partial charge in [0.15, 0.2) is 18.4 Å². The predicted octanol–water partition coefficient (Wildman–Crippen LogP) is 0.940. The maximum atomic E-state index is 14.9. The number of hydrogen-bond donors (Lipinski definition) is 9. The van der Waals surface area contributed by atoms with Gasteiger partial charge in [-0.25, -0.2) is 0 Å². The van der Waals surface area contributed by atoms with Crippen molar-refractivity contribution in [3.63, 3.8) is 0 Å². The van der Waals surface area contributed by atoms with E-state index in [0.717, 1.165) is 18.4 Å². The lowest BCUT2D eigenvalue weighted by atomic mass is 9.33. The van der Waals surface area contributed by atoms with Crippen molar-refractivity contribution in [2.24, 2.45) is 50.2 Å². The molecular weight excluding hydrogens is 728 g/mol. The first-order valence-corrected chi connectivity index (χ1v) is 20.9. The molecule has 14 heteroatoms. The van der Waals surface area contributed by atoms with Crippen molar-refractivity contribution < 1.29 is 69.7 Å². The van der Waals surface area contributed by atoms with Gasteiger partial charge in [-0.1, -0.05) is 47.1 Å². The minimum atomic E-state index is -1.75. The molecule has 0 aromatic rings. The highest BCUT2D eigenvalue weighted by molar-refractivity contribution is 5.95. The Morgan fingerprint density at radius 3 is 2.07 bits per heavy atom. The van der Waals surface area contributed by atoms with E-state index in [4.69, 9.17) is 18.9 Å². The third kappa shape index (κ3) is 6.09. The number of aliphatic hydroxyl groups is 9. The summed E-state index contributed by atoms with van der Waals surface area (Å²) in [5.41, 5.74) is -2.03. The van der Waals surface area contributed by atoms with Gasteiger partial charge in [0.2, 0.25) is 0 Å². The summed E-state index contributed by atoms with van der Waals surface area (Å²) in [7, 11) is 0. The van der Waals surface area contributed by atoms with E-state index in [1.54, 1.807) is 6.92 Å². The van der Waals surface area contributed by atoms with Crippen molar-refractivity contribution >= 4 is 5.78 Å². The van der Waals surface area contributed by atoms with Crippen molar-refractivity contribution in [2.75, 3.05) is 19.8 Å². The molecule has 0 bridgehead atoms. The lowest BCUT2D eigenvalue weighted by Gasteiger charge is -2.71. The minimum absolute atomic E-state index is 0.00546. The van der Waals surface area contributed by atoms with Crippen LogP contribution in [0.2, 0.25) is 0 Å². The molecule has 7 aliphatic rings. The topological polar surface area (TPSA) is 236 Å². The van der Waals surface area contributed by atoms with Crippen LogP contribution in [0.4, 0.5) is 0 Å². The van der Waals surface area contributed by atoms with Gasteiger partial charge >= 0.3 is 0 Å². The number of allylic oxidation sites excluding steroid dienone is 2. The summed E-state index contributed by atoms with van der Waals surface area (Å²) in [6.45, 7) is 13.5. The molecule has 0 spiro atoms. The van der Waals surface area contributed by atoms with Gasteiger partial charge in [0.05, 0.1) is 38.1 Å². The highest BCUT2D eigenvalue weighted by Crippen LogP contribution is 2.75. The van der Waals surface area contributed by atoms with Crippen LogP contribution in [-0.4, -0.2) is 145 Å². The first-order valence-electron chi connectivity index (χ1n) is 20.9. The maximum Gasteiger partial charge on any atom is 0.187 e. The lowest BCUT2D eigenvalue weighted by molar-refractivity contribution is -0.367. The van der Waals surface area contributed by atoms with E-state index >= 15 is 0 Å². The standard InChI is InChI=1S/C42H68O14/c1-20-28(48)33(56-35-31(51)30(50)29(49)24(17-43)54-35)32(52)36(53-20)55-27-9-10-38(4)25(39(27,5)18-44)8-11-40(6)34(38)23(46)14-21-22-15-37(2,3)12-13-42(22,19-45)26(47)16-41(21,40)7/h14,20,22,24-36,43-45,47-52H,8-13,15-19H2,1-7H3/t20-,22-,24-,25-,26+,27+,28+,29-,30+,31-,32-,33+,34-,35+,36+,38+,39+,40-,41-,42-/m1/s1. The molecule has 9 N–H and O–H groups in total. The largest absolute Gasteiger partial charge is 0.396 e. The molecule has 5 aliphatic carbocycles. The zero-order valence-corrected chi connectivity index (χ0v) is 34.1. The average Bonchev–Trinajstić information content (AvgIpc) is 3.14. The molecule has 2 heterocycles. The van der Waals surface area contributed by atoms with Crippen LogP contribution in [0, 0.1) is 50.2 Å². The monoisotopic (exact) mass is 796 g/mol. The number of rotatable bonds is 7. The van der Waals surface area contributed by atoms with E-state index in [1.165, 1.54) is 0 Å². The third-order valence-corrected chi connectivity index (χ3v) is 17.2. The maximum absolute atomic E-state index is 14.9. The van der Waals surface area contributed by atoms with E-state index in [0.29, 0.717) is 38.5 Å². The van der Waals surface area contributed by atoms with Gasteiger partial charge in [-0.05, 0) is 97.9 Å². The second kappa shape index (κ2) is 14.5. The second-order valence-electron chi connectivity index (χ2n) is 20.6. The number of carbonyl (C=O) groups is 1. The molecule has 0 unspecified atom stereocenters. The summed E-state index contributed by atoms with van der Waals surface area (Å²) in [5, 5.41) is 97.6. The summed E-state index contributed by atoms with van der Waals surface area (Å²) < 4.78 is 23.9. The van der Waals surface area contributed by atoms with Crippen LogP contribution in [0.1, 0.15) is 99.8 Å². The molecule has 2 aliphatic heterocycles. The fourth-order valence-electron chi connectivity index (χ4n) is 13.5. The molecule has 7 rings (SSSR count). The highest BCUT2D eigenvalue weighted by Gasteiger charge is 2.72. The Hall–Kier alpha value is -1.11. The van der Waals surface area contributed by atoms with Crippen LogP contribution < -0.4 is 0 Å². The summed E-state index contributed by atoms with van der Waals surface area (Å²) in [6.07, 6.45) is -8.93. The zero-order chi connectivity index (χ0) is 41.1. The van der Waals surface area contributed by atoms with E-state index < -0.39 is 113 Å². The SMILES string of the molecule is C[C@H]1O[C@@H](O[C@H]2CC[C@@]3(C)[C@@H](CC[C@]4(C)[C@@H]3C(=O)C=C3[C@H]5CC(C)(C)CC[C@]5(CO)[C@@H](O)C[C@]34C)[C@]2(C)CO)[C@H](O)[C@@H](O[C@@H]2O[C@H](CO)[C@@H](O)[C@H](O)[C@H]2O)[C@H]1O. The Bertz CT molecular complexity index is 1520. The van der Waals surface area contributed by atoms with Crippen molar-refractivity contribution in [1.82, 2.24) is 0 Å². The highest BCUT2D eigenvalue weighted by atomic mass is 16.7. The van der Waals surface area contributed by atoms with Crippen molar-refractivity contribution in [3.05, 3.63) is 11.6 Å². The van der Waals surface area contributed by atoms with Crippen molar-refractivity contribution in [3.8, 4) is 0 Å². The first-order chi connectivity index (χ1) is 26.1. The Labute approximate surface area is 330 Å². The van der Waals surface area contributed by atoms with E-state index in [9.17, 15) is 50.8 Å². The summed E-state index contributed by atoms with van der Waals surface area (Å²) in [6, 6.07) is 0. The molecule has 320 valence electrons. The van der Waals surface area contributed by atoms with Crippen molar-refractivity contribution in [2.45, 2.75) is 173 Å². The van der Waals surface area contributed by atoms with Gasteiger partial charge < -0.3 is 64.9 Å². The summed E-state index contributed by atoms with van der Waals surface area (Å²) >= 11 is 0. The first kappa shape index (κ1) is 43.0. The number of ether oxygens (including phenoxy) is 4. The second-order valence-corrected chi connectivity index (χ2v) is 20.6. The van der Waals surface area contributed by atoms with Gasteiger partial charge in [-0.15, -0.1) is 0 Å². The molecule has 6 fully saturated rings. The molecule has 2 saturated heterocycles. The average molecular weight is 797 g/mol. The minimum Gasteiger partial charge on any atom is -0.396 e. The fraction of sp³-hybridized carbons (Fsp3) is 0.929. The zero-order valence-electron chi connectivity index (χ0n) is 34.1. The molecule has 0 aromatic heterocycles. The van der Waals surface area contributed by atoms with Gasteiger partial charge in [-0.3, -0.25) is 4.79 Å². The van der Waals surface area contributed by atoms with Crippen LogP contribution >= 0.6 is 0 Å². The van der Waals surface area contributed by atoms with Gasteiger partial charge in [-0.2, -0.15) is 0 Å². The molecule has 20 atom stereocenters. The number of carbonyl (C=O) groups excluding carboxylic acids is 1. The molecule has 0 aromatic carbocycles. The molecule has 56 heavy (non-hydrogen) atoms. The molecule has 14 nitrogen and oxygen atoms in total. The Morgan fingerprint density at radius 1 is 0.750 bits per heavy atom. The quantitative estimate of drug-likeness (QED) is 0.163. The Balaban J connectivity index is 1.15. The normalized spacial score (nSPS) is 55.6. The van der Waals surface area contributed by atoms with Crippen LogP contribution in [0.5, 0.6) is 0 Å².